The van der Waals surface area contributed by atoms with Crippen LogP contribution in [0.15, 0.2) is 65.2 Å². The molecule has 0 saturated heterocycles. The van der Waals surface area contributed by atoms with Crippen molar-refractivity contribution in [3.05, 3.63) is 71.3 Å². The van der Waals surface area contributed by atoms with Crippen molar-refractivity contribution in [1.82, 2.24) is 14.8 Å². The molecule has 2 heterocycles. The van der Waals surface area contributed by atoms with Crippen molar-refractivity contribution in [3.63, 3.8) is 0 Å². The van der Waals surface area contributed by atoms with Crippen LogP contribution in [0.1, 0.15) is 49.3 Å². The molecule has 5 rings (SSSR count). The zero-order chi connectivity index (χ0) is 25.1. The summed E-state index contributed by atoms with van der Waals surface area (Å²) in [7, 11) is 3.65. The van der Waals surface area contributed by atoms with Crippen LogP contribution in [0.2, 0.25) is 0 Å². The maximum absolute atomic E-state index is 14.0. The summed E-state index contributed by atoms with van der Waals surface area (Å²) in [5.74, 6) is 0.908. The maximum atomic E-state index is 14.0. The van der Waals surface area contributed by atoms with E-state index in [0.29, 0.717) is 18.8 Å². The van der Waals surface area contributed by atoms with E-state index in [1.54, 1.807) is 7.11 Å². The molecular weight excluding hydrogens is 470 g/mol. The number of hydrogen-bond acceptors (Lipinski definition) is 4. The normalized spacial score (nSPS) is 17.9. The predicted molar refractivity (Wildman–Crippen MR) is 144 cm³/mol. The maximum Gasteiger partial charge on any atom is 0.247 e. The Hall–Kier alpha value is -3.19. The summed E-state index contributed by atoms with van der Waals surface area (Å²) in [5.41, 5.74) is 4.30. The highest BCUT2D eigenvalue weighted by molar-refractivity contribution is 8.00. The molecule has 1 aliphatic heterocycles. The number of nitrogens with zero attached hydrogens (tertiary/aromatic N) is 2. The second kappa shape index (κ2) is 10.8. The number of ether oxygens (including phenoxy) is 1. The van der Waals surface area contributed by atoms with Crippen LogP contribution in [0.4, 0.5) is 0 Å². The molecule has 1 N–H and O–H groups in total. The molecule has 0 saturated carbocycles. The molecule has 2 aliphatic rings. The smallest absolute Gasteiger partial charge is 0.247 e. The second-order valence-electron chi connectivity index (χ2n) is 9.46. The molecule has 1 aromatic heterocycles. The summed E-state index contributed by atoms with van der Waals surface area (Å²) in [4.78, 5) is 29.3. The number of aromatic nitrogens is 1. The monoisotopic (exact) mass is 503 g/mol. The molecule has 1 unspecified atom stereocenters. The average molecular weight is 504 g/mol. The summed E-state index contributed by atoms with van der Waals surface area (Å²) < 4.78 is 7.60. The van der Waals surface area contributed by atoms with Gasteiger partial charge in [0.05, 0.1) is 17.9 Å². The van der Waals surface area contributed by atoms with E-state index in [4.69, 9.17) is 4.74 Å². The number of carbonyl (C=O) groups is 2. The second-order valence-corrected chi connectivity index (χ2v) is 10.4. The lowest BCUT2D eigenvalue weighted by molar-refractivity contribution is -0.139. The van der Waals surface area contributed by atoms with Gasteiger partial charge in [0.1, 0.15) is 11.8 Å². The Bertz CT molecular complexity index is 1310. The SMILES string of the molecule is COc1ccccc1CNC(=O)C1c2c(n(C)c3ccccc23)SCC(=O)N1CCC1=CCCCC1. The van der Waals surface area contributed by atoms with Gasteiger partial charge >= 0.3 is 0 Å². The molecule has 3 aromatic rings. The number of amides is 2. The van der Waals surface area contributed by atoms with Gasteiger partial charge < -0.3 is 19.5 Å². The highest BCUT2D eigenvalue weighted by Crippen LogP contribution is 2.42. The molecular formula is C29H33N3O3S. The van der Waals surface area contributed by atoms with Gasteiger partial charge in [-0.05, 0) is 44.2 Å². The van der Waals surface area contributed by atoms with E-state index in [1.165, 1.54) is 30.2 Å². The Balaban J connectivity index is 1.52. The molecule has 0 fully saturated rings. The fraction of sp³-hybridized carbons (Fsp3) is 0.379. The number of hydrogen-bond donors (Lipinski definition) is 1. The van der Waals surface area contributed by atoms with E-state index < -0.39 is 6.04 Å². The van der Waals surface area contributed by atoms with E-state index in [2.05, 4.69) is 28.1 Å². The van der Waals surface area contributed by atoms with Gasteiger partial charge in [0.25, 0.3) is 0 Å². The summed E-state index contributed by atoms with van der Waals surface area (Å²) >= 11 is 1.53. The van der Waals surface area contributed by atoms with Gasteiger partial charge in [-0.1, -0.05) is 59.8 Å². The number of fused-ring (bicyclic) bond motifs is 3. The number of thioether (sulfide) groups is 1. The van der Waals surface area contributed by atoms with Crippen molar-refractivity contribution in [2.75, 3.05) is 19.4 Å². The standard InChI is InChI=1S/C29H33N3O3S/c1-31-23-14-8-7-13-22(23)26-27(28(34)30-18-21-12-6-9-15-24(21)35-2)32(25(33)19-36-29(26)31)17-16-20-10-4-3-5-11-20/h6-10,12-15,27H,3-5,11,16-19H2,1-2H3,(H,30,34). The number of nitrogens with one attached hydrogen (secondary N) is 1. The van der Waals surface area contributed by atoms with Crippen LogP contribution in [0.25, 0.3) is 10.9 Å². The van der Waals surface area contributed by atoms with Crippen LogP contribution in [-0.4, -0.2) is 40.7 Å². The molecule has 7 heteroatoms. The van der Waals surface area contributed by atoms with Gasteiger partial charge in [-0.25, -0.2) is 0 Å². The highest BCUT2D eigenvalue weighted by atomic mass is 32.2. The van der Waals surface area contributed by atoms with Gasteiger partial charge in [0.15, 0.2) is 0 Å². The summed E-state index contributed by atoms with van der Waals surface area (Å²) in [6.45, 7) is 0.875. The van der Waals surface area contributed by atoms with Crippen molar-refractivity contribution in [2.24, 2.45) is 7.05 Å². The Kier molecular flexibility index (Phi) is 7.37. The van der Waals surface area contributed by atoms with Gasteiger partial charge in [0, 0.05) is 42.2 Å². The van der Waals surface area contributed by atoms with Crippen molar-refractivity contribution < 1.29 is 14.3 Å². The minimum absolute atomic E-state index is 0.00846. The van der Waals surface area contributed by atoms with E-state index in [0.717, 1.165) is 52.1 Å². The predicted octanol–water partition coefficient (Wildman–Crippen LogP) is 5.37. The molecule has 1 atom stereocenters. The number of methoxy groups -OCH3 is 1. The third-order valence-electron chi connectivity index (χ3n) is 7.28. The van der Waals surface area contributed by atoms with Crippen LogP contribution in [0.3, 0.4) is 0 Å². The lowest BCUT2D eigenvalue weighted by Crippen LogP contribution is -2.44. The molecule has 2 amide bonds. The third kappa shape index (κ3) is 4.76. The molecule has 188 valence electrons. The number of aryl methyl sites for hydroxylation is 1. The number of benzene rings is 2. The summed E-state index contributed by atoms with van der Waals surface area (Å²) in [6.07, 6.45) is 7.76. The Morgan fingerprint density at radius 1 is 1.14 bits per heavy atom. The Labute approximate surface area is 216 Å². The lowest BCUT2D eigenvalue weighted by atomic mass is 9.96. The van der Waals surface area contributed by atoms with Gasteiger partial charge in [-0.3, -0.25) is 9.59 Å². The van der Waals surface area contributed by atoms with Crippen molar-refractivity contribution in [2.45, 2.75) is 49.7 Å². The van der Waals surface area contributed by atoms with Gasteiger partial charge in [-0.15, -0.1) is 0 Å². The summed E-state index contributed by atoms with van der Waals surface area (Å²) in [6, 6.07) is 15.2. The van der Waals surface area contributed by atoms with Crippen LogP contribution >= 0.6 is 11.8 Å². The first-order valence-electron chi connectivity index (χ1n) is 12.7. The number of rotatable bonds is 7. The highest BCUT2D eigenvalue weighted by Gasteiger charge is 2.38. The van der Waals surface area contributed by atoms with Crippen molar-refractivity contribution in [1.29, 1.82) is 0 Å². The van der Waals surface area contributed by atoms with E-state index in [1.807, 2.05) is 48.3 Å². The molecule has 6 nitrogen and oxygen atoms in total. The number of para-hydroxylation sites is 2. The largest absolute Gasteiger partial charge is 0.496 e. The van der Waals surface area contributed by atoms with E-state index in [-0.39, 0.29) is 11.8 Å². The van der Waals surface area contributed by atoms with Crippen LogP contribution in [-0.2, 0) is 23.2 Å². The minimum Gasteiger partial charge on any atom is -0.496 e. The molecule has 1 aliphatic carbocycles. The quantitative estimate of drug-likeness (QED) is 0.441. The average Bonchev–Trinajstić information content (AvgIpc) is 3.10. The molecule has 36 heavy (non-hydrogen) atoms. The third-order valence-corrected chi connectivity index (χ3v) is 8.44. The number of allylic oxidation sites excluding steroid dienone is 1. The van der Waals surface area contributed by atoms with Crippen LogP contribution < -0.4 is 10.1 Å². The molecule has 0 radical (unpaired) electrons. The summed E-state index contributed by atoms with van der Waals surface area (Å²) in [5, 5.41) is 5.14. The van der Waals surface area contributed by atoms with E-state index in [9.17, 15) is 9.59 Å². The van der Waals surface area contributed by atoms with Gasteiger partial charge in [-0.2, -0.15) is 0 Å². The molecule has 2 aromatic carbocycles. The zero-order valence-corrected chi connectivity index (χ0v) is 21.8. The van der Waals surface area contributed by atoms with Crippen LogP contribution in [0, 0.1) is 0 Å². The van der Waals surface area contributed by atoms with Crippen molar-refractivity contribution >= 4 is 34.5 Å². The fourth-order valence-corrected chi connectivity index (χ4v) is 6.50. The first-order chi connectivity index (χ1) is 17.6. The first kappa shape index (κ1) is 24.5. The fourth-order valence-electron chi connectivity index (χ4n) is 5.40. The topological polar surface area (TPSA) is 63.6 Å². The zero-order valence-electron chi connectivity index (χ0n) is 21.0. The van der Waals surface area contributed by atoms with Gasteiger partial charge in [0.2, 0.25) is 11.8 Å². The Morgan fingerprint density at radius 3 is 2.75 bits per heavy atom. The Morgan fingerprint density at radius 2 is 1.94 bits per heavy atom. The lowest BCUT2D eigenvalue weighted by Gasteiger charge is -2.30. The van der Waals surface area contributed by atoms with E-state index >= 15 is 0 Å². The number of carbonyl (C=O) groups excluding carboxylic acids is 2. The minimum atomic E-state index is -0.688. The first-order valence-corrected chi connectivity index (χ1v) is 13.6. The van der Waals surface area contributed by atoms with Crippen LogP contribution in [0.5, 0.6) is 5.75 Å². The molecule has 0 bridgehead atoms. The van der Waals surface area contributed by atoms with Crippen molar-refractivity contribution in [3.8, 4) is 5.75 Å². The molecule has 0 spiro atoms.